The lowest BCUT2D eigenvalue weighted by Crippen LogP contribution is -2.41. The van der Waals surface area contributed by atoms with Gasteiger partial charge in [-0.3, -0.25) is 18.9 Å². The molecule has 0 radical (unpaired) electrons. The van der Waals surface area contributed by atoms with Gasteiger partial charge >= 0.3 is 5.69 Å². The van der Waals surface area contributed by atoms with Crippen LogP contribution in [0.3, 0.4) is 0 Å². The lowest BCUT2D eigenvalue weighted by atomic mass is 9.97. The fourth-order valence-electron chi connectivity index (χ4n) is 2.93. The van der Waals surface area contributed by atoms with Crippen molar-refractivity contribution in [3.8, 4) is 0 Å². The molecule has 138 valence electrons. The Hall–Kier alpha value is -3.08. The van der Waals surface area contributed by atoms with Gasteiger partial charge in [-0.1, -0.05) is 18.2 Å². The molecule has 1 amide bonds. The van der Waals surface area contributed by atoms with Crippen molar-refractivity contribution in [3.05, 3.63) is 56.4 Å². The Bertz CT molecular complexity index is 1090. The van der Waals surface area contributed by atoms with E-state index in [0.717, 1.165) is 6.26 Å². The van der Waals surface area contributed by atoms with Crippen molar-refractivity contribution >= 4 is 27.3 Å². The van der Waals surface area contributed by atoms with Crippen molar-refractivity contribution < 1.29 is 13.2 Å². The number of hydrogen-bond acceptors (Lipinski definition) is 6. The molecule has 2 heterocycles. The first-order valence-corrected chi connectivity index (χ1v) is 9.53. The van der Waals surface area contributed by atoms with Crippen molar-refractivity contribution in [1.82, 2.24) is 15.3 Å². The molecular weight excluding hydrogens is 362 g/mol. The van der Waals surface area contributed by atoms with Gasteiger partial charge in [0.2, 0.25) is 10.0 Å². The third-order valence-electron chi connectivity index (χ3n) is 4.11. The van der Waals surface area contributed by atoms with E-state index in [-0.39, 0.29) is 12.2 Å². The maximum atomic E-state index is 12.5. The van der Waals surface area contributed by atoms with Gasteiger partial charge in [-0.2, -0.15) is 0 Å². The Kier molecular flexibility index (Phi) is 4.32. The molecule has 1 unspecified atom stereocenters. The molecule has 11 heteroatoms. The van der Waals surface area contributed by atoms with Crippen LogP contribution in [-0.2, 0) is 10.0 Å². The van der Waals surface area contributed by atoms with E-state index in [1.54, 1.807) is 24.3 Å². The third kappa shape index (κ3) is 3.20. The van der Waals surface area contributed by atoms with Gasteiger partial charge in [0.15, 0.2) is 0 Å². The Morgan fingerprint density at radius 3 is 2.65 bits per heavy atom. The van der Waals surface area contributed by atoms with Crippen LogP contribution >= 0.6 is 0 Å². The number of H-pyrrole nitrogens is 2. The van der Waals surface area contributed by atoms with E-state index in [9.17, 15) is 22.8 Å². The smallest absolute Gasteiger partial charge is 0.326 e. The average Bonchev–Trinajstić information content (AvgIpc) is 2.57. The summed E-state index contributed by atoms with van der Waals surface area (Å²) in [5.41, 5.74) is 4.22. The van der Waals surface area contributed by atoms with Crippen LogP contribution in [0.25, 0.3) is 0 Å². The zero-order valence-corrected chi connectivity index (χ0v) is 14.6. The maximum Gasteiger partial charge on any atom is 0.326 e. The summed E-state index contributed by atoms with van der Waals surface area (Å²) in [6.07, 6.45) is 1.44. The standard InChI is InChI=1S/C15H17N5O5S/c1-26(24,25)20-7-6-9(8-4-2-3-5-10(8)20)17-14(22)12-11(16)13(21)19-15(23)18-12/h2-5,9H,6-7,16H2,1H3,(H,17,22)(H2,18,19,21,23). The van der Waals surface area contributed by atoms with Crippen molar-refractivity contribution in [1.29, 1.82) is 0 Å². The number of nitrogens with zero attached hydrogens (tertiary/aromatic N) is 1. The first-order chi connectivity index (χ1) is 12.2. The van der Waals surface area contributed by atoms with Gasteiger partial charge in [-0.25, -0.2) is 13.2 Å². The van der Waals surface area contributed by atoms with E-state index >= 15 is 0 Å². The Balaban J connectivity index is 1.95. The Labute approximate surface area is 148 Å². The van der Waals surface area contributed by atoms with E-state index in [4.69, 9.17) is 5.73 Å². The number of hydrogen-bond donors (Lipinski definition) is 4. The number of nitrogens with two attached hydrogens (primary N) is 1. The van der Waals surface area contributed by atoms with Crippen LogP contribution in [0.15, 0.2) is 33.9 Å². The molecule has 0 aliphatic carbocycles. The molecule has 26 heavy (non-hydrogen) atoms. The number of nitrogen functional groups attached to an aromatic ring is 1. The minimum atomic E-state index is -3.45. The highest BCUT2D eigenvalue weighted by molar-refractivity contribution is 7.92. The van der Waals surface area contributed by atoms with Crippen LogP contribution in [0.1, 0.15) is 28.5 Å². The molecule has 2 aromatic rings. The summed E-state index contributed by atoms with van der Waals surface area (Å²) in [6.45, 7) is 0.183. The largest absolute Gasteiger partial charge is 0.392 e. The van der Waals surface area contributed by atoms with Gasteiger partial charge in [0.25, 0.3) is 11.5 Å². The predicted octanol–water partition coefficient (Wildman–Crippen LogP) is -0.714. The second-order valence-corrected chi connectivity index (χ2v) is 7.81. The van der Waals surface area contributed by atoms with Crippen LogP contribution in [0, 0.1) is 0 Å². The second kappa shape index (κ2) is 6.33. The normalized spacial score (nSPS) is 16.8. The molecule has 3 rings (SSSR count). The first-order valence-electron chi connectivity index (χ1n) is 7.68. The lowest BCUT2D eigenvalue weighted by Gasteiger charge is -2.34. The number of carbonyl (C=O) groups is 1. The quantitative estimate of drug-likeness (QED) is 0.551. The second-order valence-electron chi connectivity index (χ2n) is 5.91. The molecule has 1 aromatic carbocycles. The topological polar surface area (TPSA) is 158 Å². The van der Waals surface area contributed by atoms with Gasteiger partial charge < -0.3 is 16.0 Å². The number of carbonyl (C=O) groups excluding carboxylic acids is 1. The number of rotatable bonds is 3. The molecule has 0 bridgehead atoms. The highest BCUT2D eigenvalue weighted by Gasteiger charge is 2.31. The van der Waals surface area contributed by atoms with Crippen LogP contribution in [-0.4, -0.2) is 37.1 Å². The van der Waals surface area contributed by atoms with E-state index in [1.807, 2.05) is 4.98 Å². The molecule has 1 aromatic heterocycles. The minimum Gasteiger partial charge on any atom is -0.392 e. The summed E-state index contributed by atoms with van der Waals surface area (Å²) >= 11 is 0. The monoisotopic (exact) mass is 379 g/mol. The number of aromatic amines is 2. The Morgan fingerprint density at radius 1 is 1.27 bits per heavy atom. The number of para-hydroxylation sites is 1. The van der Waals surface area contributed by atoms with Crippen molar-refractivity contribution in [2.45, 2.75) is 12.5 Å². The molecule has 0 saturated carbocycles. The van der Waals surface area contributed by atoms with Crippen molar-refractivity contribution in [2.75, 3.05) is 22.8 Å². The summed E-state index contributed by atoms with van der Waals surface area (Å²) in [4.78, 5) is 39.6. The number of amides is 1. The summed E-state index contributed by atoms with van der Waals surface area (Å²) in [5.74, 6) is -0.724. The highest BCUT2D eigenvalue weighted by atomic mass is 32.2. The molecule has 5 N–H and O–H groups in total. The van der Waals surface area contributed by atoms with Gasteiger partial charge in [0, 0.05) is 6.54 Å². The molecule has 10 nitrogen and oxygen atoms in total. The zero-order chi connectivity index (χ0) is 19.1. The van der Waals surface area contributed by atoms with E-state index < -0.39 is 38.9 Å². The molecule has 1 aliphatic rings. The summed E-state index contributed by atoms with van der Waals surface area (Å²) in [7, 11) is -3.45. The lowest BCUT2D eigenvalue weighted by molar-refractivity contribution is 0.0930. The third-order valence-corrected chi connectivity index (χ3v) is 5.29. The fraction of sp³-hybridized carbons (Fsp3) is 0.267. The van der Waals surface area contributed by atoms with Gasteiger partial charge in [-0.05, 0) is 18.1 Å². The number of fused-ring (bicyclic) bond motifs is 1. The number of sulfonamides is 1. The number of aromatic nitrogens is 2. The average molecular weight is 379 g/mol. The first kappa shape index (κ1) is 17.7. The Morgan fingerprint density at radius 2 is 1.96 bits per heavy atom. The summed E-state index contributed by atoms with van der Waals surface area (Å²) in [6, 6.07) is 6.29. The SMILES string of the molecule is CS(=O)(=O)N1CCC(NC(=O)c2[nH]c(=O)[nH]c(=O)c2N)c2ccccc21. The molecule has 1 atom stereocenters. The number of benzene rings is 1. The number of anilines is 2. The van der Waals surface area contributed by atoms with E-state index in [1.165, 1.54) is 4.31 Å². The van der Waals surface area contributed by atoms with Crippen LogP contribution in [0.5, 0.6) is 0 Å². The zero-order valence-electron chi connectivity index (χ0n) is 13.8. The van der Waals surface area contributed by atoms with Crippen LogP contribution in [0.2, 0.25) is 0 Å². The minimum absolute atomic E-state index is 0.183. The predicted molar refractivity (Wildman–Crippen MR) is 95.6 cm³/mol. The number of nitrogens with one attached hydrogen (secondary N) is 3. The molecule has 0 spiro atoms. The van der Waals surface area contributed by atoms with Crippen LogP contribution in [0.4, 0.5) is 11.4 Å². The van der Waals surface area contributed by atoms with Gasteiger partial charge in [0.05, 0.1) is 18.0 Å². The van der Waals surface area contributed by atoms with Gasteiger partial charge in [0.1, 0.15) is 11.4 Å². The van der Waals surface area contributed by atoms with E-state index in [0.29, 0.717) is 17.7 Å². The molecule has 0 fully saturated rings. The summed E-state index contributed by atoms with van der Waals surface area (Å²) < 4.78 is 25.2. The van der Waals surface area contributed by atoms with Crippen molar-refractivity contribution in [2.24, 2.45) is 0 Å². The molecule has 0 saturated heterocycles. The maximum absolute atomic E-state index is 12.5. The highest BCUT2D eigenvalue weighted by Crippen LogP contribution is 2.35. The fourth-order valence-corrected chi connectivity index (χ4v) is 3.89. The molecule has 1 aliphatic heterocycles. The van der Waals surface area contributed by atoms with Crippen LogP contribution < -0.4 is 26.6 Å². The van der Waals surface area contributed by atoms with Crippen molar-refractivity contribution in [3.63, 3.8) is 0 Å². The summed E-state index contributed by atoms with van der Waals surface area (Å²) in [5, 5.41) is 2.70. The molecular formula is C15H17N5O5S. The van der Waals surface area contributed by atoms with E-state index in [2.05, 4.69) is 10.3 Å². The van der Waals surface area contributed by atoms with Gasteiger partial charge in [-0.15, -0.1) is 0 Å².